The summed E-state index contributed by atoms with van der Waals surface area (Å²) in [6, 6.07) is 0. The number of rotatable bonds is 2. The molecular formula is C11H10F6O3. The molecule has 1 rings (SSSR count). The quantitative estimate of drug-likeness (QED) is 0.582. The molecule has 0 aliphatic heterocycles. The van der Waals surface area contributed by atoms with Gasteiger partial charge in [-0.25, -0.2) is 0 Å². The van der Waals surface area contributed by atoms with Gasteiger partial charge >= 0.3 is 18.3 Å². The second kappa shape index (κ2) is 5.45. The maximum absolute atomic E-state index is 12.8. The summed E-state index contributed by atoms with van der Waals surface area (Å²) in [5.74, 6) is -8.24. The molecule has 0 N–H and O–H groups in total. The van der Waals surface area contributed by atoms with Crippen LogP contribution < -0.4 is 0 Å². The highest BCUT2D eigenvalue weighted by molar-refractivity contribution is 5.94. The molecule has 0 saturated carbocycles. The van der Waals surface area contributed by atoms with Crippen molar-refractivity contribution in [1.29, 1.82) is 0 Å². The van der Waals surface area contributed by atoms with Crippen LogP contribution in [0.25, 0.3) is 0 Å². The summed E-state index contributed by atoms with van der Waals surface area (Å²) in [5.41, 5.74) is -1.81. The number of allylic oxidation sites excluding steroid dienone is 1. The monoisotopic (exact) mass is 304 g/mol. The molecule has 0 saturated heterocycles. The maximum atomic E-state index is 12.8. The van der Waals surface area contributed by atoms with E-state index in [0.29, 0.717) is 0 Å². The lowest BCUT2D eigenvalue weighted by molar-refractivity contribution is -0.204. The van der Waals surface area contributed by atoms with Crippen LogP contribution in [-0.2, 0) is 14.3 Å². The molecule has 20 heavy (non-hydrogen) atoms. The van der Waals surface area contributed by atoms with E-state index in [4.69, 9.17) is 0 Å². The van der Waals surface area contributed by atoms with E-state index in [1.165, 1.54) is 6.92 Å². The lowest BCUT2D eigenvalue weighted by Gasteiger charge is -2.32. The summed E-state index contributed by atoms with van der Waals surface area (Å²) in [6.07, 6.45) is -11.5. The zero-order valence-electron chi connectivity index (χ0n) is 10.1. The van der Waals surface area contributed by atoms with E-state index in [0.717, 1.165) is 0 Å². The number of hydrogen-bond acceptors (Lipinski definition) is 3. The third-order valence-corrected chi connectivity index (χ3v) is 2.76. The van der Waals surface area contributed by atoms with Crippen LogP contribution in [-0.4, -0.2) is 30.7 Å². The third kappa shape index (κ3) is 3.51. The smallest absolute Gasteiger partial charge is 0.413 e. The Hall–Kier alpha value is -1.54. The lowest BCUT2D eigenvalue weighted by atomic mass is 9.77. The summed E-state index contributed by atoms with van der Waals surface area (Å²) >= 11 is 0. The summed E-state index contributed by atoms with van der Waals surface area (Å²) in [6.45, 7) is 0.893. The molecule has 1 aliphatic carbocycles. The standard InChI is InChI=1S/C11H10F6O3/c1-2-20-9(19)8-6(10(12,13)14)3-5(18)4-7(8)11(15,16)17/h3,7-8H,2,4H2,1H3. The van der Waals surface area contributed by atoms with E-state index in [1.807, 2.05) is 0 Å². The third-order valence-electron chi connectivity index (χ3n) is 2.76. The molecular weight excluding hydrogens is 294 g/mol. The average Bonchev–Trinajstić information content (AvgIpc) is 2.25. The highest BCUT2D eigenvalue weighted by atomic mass is 19.4. The molecule has 0 bridgehead atoms. The van der Waals surface area contributed by atoms with Crippen molar-refractivity contribution in [2.45, 2.75) is 25.7 Å². The van der Waals surface area contributed by atoms with Gasteiger partial charge in [0, 0.05) is 6.42 Å². The number of carbonyl (C=O) groups excluding carboxylic acids is 2. The van der Waals surface area contributed by atoms with Gasteiger partial charge < -0.3 is 4.74 Å². The van der Waals surface area contributed by atoms with Crippen LogP contribution in [0.2, 0.25) is 0 Å². The normalized spacial score (nSPS) is 24.4. The number of ketones is 1. The molecule has 0 heterocycles. The van der Waals surface area contributed by atoms with Gasteiger partial charge in [-0.05, 0) is 13.0 Å². The predicted octanol–water partition coefficient (Wildman–Crippen LogP) is 2.81. The van der Waals surface area contributed by atoms with E-state index in [9.17, 15) is 35.9 Å². The molecule has 0 aromatic rings. The van der Waals surface area contributed by atoms with Crippen molar-refractivity contribution < 1.29 is 40.7 Å². The Labute approximate surface area is 109 Å². The van der Waals surface area contributed by atoms with Crippen LogP contribution in [0.1, 0.15) is 13.3 Å². The Balaban J connectivity index is 3.32. The number of alkyl halides is 6. The summed E-state index contributed by atoms with van der Waals surface area (Å²) in [5, 5.41) is 0. The van der Waals surface area contributed by atoms with Crippen molar-refractivity contribution in [3.05, 3.63) is 11.6 Å². The highest BCUT2D eigenvalue weighted by Crippen LogP contribution is 2.46. The van der Waals surface area contributed by atoms with Gasteiger partial charge in [0.2, 0.25) is 0 Å². The van der Waals surface area contributed by atoms with Gasteiger partial charge in [-0.3, -0.25) is 9.59 Å². The summed E-state index contributed by atoms with van der Waals surface area (Å²) in [7, 11) is 0. The summed E-state index contributed by atoms with van der Waals surface area (Å²) < 4.78 is 80.8. The molecule has 0 aromatic carbocycles. The topological polar surface area (TPSA) is 43.4 Å². The van der Waals surface area contributed by atoms with E-state index < -0.39 is 47.9 Å². The molecule has 0 spiro atoms. The minimum absolute atomic E-state index is 0.0455. The molecule has 2 atom stereocenters. The van der Waals surface area contributed by atoms with E-state index >= 15 is 0 Å². The van der Waals surface area contributed by atoms with E-state index in [-0.39, 0.29) is 12.7 Å². The predicted molar refractivity (Wildman–Crippen MR) is 53.4 cm³/mol. The molecule has 0 aromatic heterocycles. The Morgan fingerprint density at radius 2 is 1.85 bits per heavy atom. The van der Waals surface area contributed by atoms with Gasteiger partial charge in [-0.1, -0.05) is 0 Å². The molecule has 3 nitrogen and oxygen atoms in total. The molecule has 114 valence electrons. The molecule has 0 radical (unpaired) electrons. The van der Waals surface area contributed by atoms with Gasteiger partial charge in [-0.15, -0.1) is 0 Å². The highest BCUT2D eigenvalue weighted by Gasteiger charge is 2.57. The van der Waals surface area contributed by atoms with Gasteiger partial charge in [0.25, 0.3) is 0 Å². The van der Waals surface area contributed by atoms with Gasteiger partial charge in [-0.2, -0.15) is 26.3 Å². The summed E-state index contributed by atoms with van der Waals surface area (Å²) in [4.78, 5) is 22.5. The molecule has 1 aliphatic rings. The van der Waals surface area contributed by atoms with Crippen molar-refractivity contribution in [3.8, 4) is 0 Å². The number of ether oxygens (including phenoxy) is 1. The average molecular weight is 304 g/mol. The van der Waals surface area contributed by atoms with Gasteiger partial charge in [0.1, 0.15) is 0 Å². The Morgan fingerprint density at radius 1 is 1.30 bits per heavy atom. The van der Waals surface area contributed by atoms with Crippen LogP contribution in [0.5, 0.6) is 0 Å². The van der Waals surface area contributed by atoms with Crippen molar-refractivity contribution in [1.82, 2.24) is 0 Å². The number of halogens is 6. The molecule has 0 fully saturated rings. The first-order chi connectivity index (χ1) is 8.98. The van der Waals surface area contributed by atoms with E-state index in [1.54, 1.807) is 0 Å². The largest absolute Gasteiger partial charge is 0.466 e. The van der Waals surface area contributed by atoms with E-state index in [2.05, 4.69) is 4.74 Å². The molecule has 0 amide bonds. The molecule has 2 unspecified atom stereocenters. The Morgan fingerprint density at radius 3 is 2.25 bits per heavy atom. The van der Waals surface area contributed by atoms with Crippen LogP contribution >= 0.6 is 0 Å². The fourth-order valence-corrected chi connectivity index (χ4v) is 1.96. The fourth-order valence-electron chi connectivity index (χ4n) is 1.96. The van der Waals surface area contributed by atoms with Crippen molar-refractivity contribution in [2.24, 2.45) is 11.8 Å². The Kier molecular flexibility index (Phi) is 4.50. The van der Waals surface area contributed by atoms with Crippen LogP contribution in [0.4, 0.5) is 26.3 Å². The lowest BCUT2D eigenvalue weighted by Crippen LogP contribution is -2.44. The number of esters is 1. The SMILES string of the molecule is CCOC(=O)C1C(C(F)(F)F)=CC(=O)CC1C(F)(F)F. The molecule has 9 heteroatoms. The maximum Gasteiger partial charge on any atom is 0.413 e. The number of carbonyl (C=O) groups is 2. The second-order valence-corrected chi connectivity index (χ2v) is 4.15. The first kappa shape index (κ1) is 16.5. The van der Waals surface area contributed by atoms with Crippen LogP contribution in [0.15, 0.2) is 11.6 Å². The van der Waals surface area contributed by atoms with Gasteiger partial charge in [0.05, 0.1) is 24.0 Å². The van der Waals surface area contributed by atoms with Gasteiger partial charge in [0.15, 0.2) is 5.78 Å². The second-order valence-electron chi connectivity index (χ2n) is 4.15. The van der Waals surface area contributed by atoms with Crippen molar-refractivity contribution in [2.75, 3.05) is 6.61 Å². The zero-order chi connectivity index (χ0) is 15.7. The minimum Gasteiger partial charge on any atom is -0.466 e. The minimum atomic E-state index is -5.21. The van der Waals surface area contributed by atoms with Crippen molar-refractivity contribution in [3.63, 3.8) is 0 Å². The Bertz CT molecular complexity index is 434. The fraction of sp³-hybridized carbons (Fsp3) is 0.636. The van der Waals surface area contributed by atoms with Crippen LogP contribution in [0, 0.1) is 11.8 Å². The zero-order valence-corrected chi connectivity index (χ0v) is 10.1. The number of hydrogen-bond donors (Lipinski definition) is 0. The first-order valence-electron chi connectivity index (χ1n) is 5.53. The van der Waals surface area contributed by atoms with Crippen molar-refractivity contribution >= 4 is 11.8 Å². The first-order valence-corrected chi connectivity index (χ1v) is 5.53. The van der Waals surface area contributed by atoms with Crippen LogP contribution in [0.3, 0.4) is 0 Å².